The third-order valence-electron chi connectivity index (χ3n) is 5.19. The van der Waals surface area contributed by atoms with Gasteiger partial charge in [-0.1, -0.05) is 24.3 Å². The Morgan fingerprint density at radius 2 is 2.10 bits per heavy atom. The van der Waals surface area contributed by atoms with Gasteiger partial charge in [-0.05, 0) is 42.3 Å². The SMILES string of the molecule is COc1ccccc1N1CCC(NC(=O)c2cccc(CNc3ccncn3)c2)C1. The van der Waals surface area contributed by atoms with Crippen molar-refractivity contribution in [1.82, 2.24) is 15.3 Å². The summed E-state index contributed by atoms with van der Waals surface area (Å²) in [4.78, 5) is 23.1. The predicted molar refractivity (Wildman–Crippen MR) is 117 cm³/mol. The Morgan fingerprint density at radius 3 is 2.93 bits per heavy atom. The molecule has 1 amide bonds. The number of rotatable bonds is 7. The number of para-hydroxylation sites is 2. The van der Waals surface area contributed by atoms with Crippen molar-refractivity contribution in [2.75, 3.05) is 30.4 Å². The standard InChI is InChI=1S/C23H25N5O2/c1-30-21-8-3-2-7-20(21)28-12-10-19(15-28)27-23(29)18-6-4-5-17(13-18)14-25-22-9-11-24-16-26-22/h2-9,11,13,16,19H,10,12,14-15H2,1H3,(H,27,29)(H,24,25,26). The number of anilines is 2. The topological polar surface area (TPSA) is 79.4 Å². The van der Waals surface area contributed by atoms with Crippen molar-refractivity contribution in [1.29, 1.82) is 0 Å². The summed E-state index contributed by atoms with van der Waals surface area (Å²) in [6.45, 7) is 2.23. The van der Waals surface area contributed by atoms with Gasteiger partial charge in [0.1, 0.15) is 17.9 Å². The maximum atomic E-state index is 12.8. The van der Waals surface area contributed by atoms with Crippen LogP contribution in [-0.4, -0.2) is 42.1 Å². The minimum Gasteiger partial charge on any atom is -0.495 e. The fourth-order valence-corrected chi connectivity index (χ4v) is 3.67. The summed E-state index contributed by atoms with van der Waals surface area (Å²) in [5, 5.41) is 6.40. The zero-order valence-electron chi connectivity index (χ0n) is 16.9. The molecular formula is C23H25N5O2. The second-order valence-corrected chi connectivity index (χ2v) is 7.23. The van der Waals surface area contributed by atoms with Crippen molar-refractivity contribution in [2.24, 2.45) is 0 Å². The summed E-state index contributed by atoms with van der Waals surface area (Å²) in [6, 6.07) is 17.5. The Kier molecular flexibility index (Phi) is 6.08. The van der Waals surface area contributed by atoms with Crippen molar-refractivity contribution in [2.45, 2.75) is 19.0 Å². The molecule has 1 saturated heterocycles. The minimum absolute atomic E-state index is 0.0502. The first-order valence-corrected chi connectivity index (χ1v) is 10.0. The highest BCUT2D eigenvalue weighted by atomic mass is 16.5. The van der Waals surface area contributed by atoms with E-state index in [0.717, 1.165) is 42.3 Å². The van der Waals surface area contributed by atoms with Gasteiger partial charge in [0.05, 0.1) is 12.8 Å². The number of amides is 1. The second-order valence-electron chi connectivity index (χ2n) is 7.23. The Hall–Kier alpha value is -3.61. The molecule has 0 radical (unpaired) electrons. The van der Waals surface area contributed by atoms with Crippen LogP contribution in [0.3, 0.4) is 0 Å². The lowest BCUT2D eigenvalue weighted by atomic mass is 10.1. The third kappa shape index (κ3) is 4.68. The lowest BCUT2D eigenvalue weighted by Crippen LogP contribution is -2.37. The Morgan fingerprint density at radius 1 is 1.20 bits per heavy atom. The molecule has 30 heavy (non-hydrogen) atoms. The van der Waals surface area contributed by atoms with Crippen LogP contribution in [0.25, 0.3) is 0 Å². The molecule has 0 saturated carbocycles. The fraction of sp³-hybridized carbons (Fsp3) is 0.261. The number of nitrogens with one attached hydrogen (secondary N) is 2. The smallest absolute Gasteiger partial charge is 0.251 e. The number of methoxy groups -OCH3 is 1. The van der Waals surface area contributed by atoms with Gasteiger partial charge in [0.2, 0.25) is 0 Å². The molecule has 1 aliphatic heterocycles. The summed E-state index contributed by atoms with van der Waals surface area (Å²) in [7, 11) is 1.68. The molecule has 7 heteroatoms. The first-order chi connectivity index (χ1) is 14.7. The average molecular weight is 403 g/mol. The van der Waals surface area contributed by atoms with E-state index in [0.29, 0.717) is 12.1 Å². The van der Waals surface area contributed by atoms with Gasteiger partial charge in [0, 0.05) is 37.4 Å². The summed E-state index contributed by atoms with van der Waals surface area (Å²) < 4.78 is 5.47. The molecule has 154 valence electrons. The Labute approximate surface area is 176 Å². The van der Waals surface area contributed by atoms with Crippen molar-refractivity contribution < 1.29 is 9.53 Å². The zero-order chi connectivity index (χ0) is 20.8. The van der Waals surface area contributed by atoms with E-state index in [-0.39, 0.29) is 11.9 Å². The lowest BCUT2D eigenvalue weighted by molar-refractivity contribution is 0.0940. The number of carbonyl (C=O) groups excluding carboxylic acids is 1. The summed E-state index contributed by atoms with van der Waals surface area (Å²) in [6.07, 6.45) is 4.09. The normalized spacial score (nSPS) is 15.6. The van der Waals surface area contributed by atoms with Crippen LogP contribution < -0.4 is 20.3 Å². The van der Waals surface area contributed by atoms with Gasteiger partial charge in [0.15, 0.2) is 0 Å². The molecule has 0 spiro atoms. The van der Waals surface area contributed by atoms with E-state index >= 15 is 0 Å². The van der Waals surface area contributed by atoms with Crippen LogP contribution in [0, 0.1) is 0 Å². The van der Waals surface area contributed by atoms with Crippen LogP contribution >= 0.6 is 0 Å². The molecule has 0 bridgehead atoms. The van der Waals surface area contributed by atoms with Gasteiger partial charge in [-0.15, -0.1) is 0 Å². The summed E-state index contributed by atoms with van der Waals surface area (Å²) >= 11 is 0. The predicted octanol–water partition coefficient (Wildman–Crippen LogP) is 3.11. The molecule has 2 heterocycles. The van der Waals surface area contributed by atoms with Crippen LogP contribution in [0.5, 0.6) is 5.75 Å². The second kappa shape index (κ2) is 9.26. The average Bonchev–Trinajstić information content (AvgIpc) is 3.27. The van der Waals surface area contributed by atoms with E-state index in [1.54, 1.807) is 13.3 Å². The lowest BCUT2D eigenvalue weighted by Gasteiger charge is -2.21. The molecule has 1 aliphatic rings. The monoisotopic (exact) mass is 403 g/mol. The number of hydrogen-bond acceptors (Lipinski definition) is 6. The quantitative estimate of drug-likeness (QED) is 0.631. The van der Waals surface area contributed by atoms with Gasteiger partial charge in [0.25, 0.3) is 5.91 Å². The van der Waals surface area contributed by atoms with Gasteiger partial charge in [-0.3, -0.25) is 4.79 Å². The molecule has 0 aliphatic carbocycles. The zero-order valence-corrected chi connectivity index (χ0v) is 16.9. The largest absolute Gasteiger partial charge is 0.495 e. The van der Waals surface area contributed by atoms with Crippen LogP contribution in [0.2, 0.25) is 0 Å². The molecule has 2 aromatic carbocycles. The highest BCUT2D eigenvalue weighted by Gasteiger charge is 2.26. The molecule has 1 fully saturated rings. The van der Waals surface area contributed by atoms with E-state index in [4.69, 9.17) is 4.74 Å². The number of ether oxygens (including phenoxy) is 1. The number of hydrogen-bond donors (Lipinski definition) is 2. The molecule has 1 unspecified atom stereocenters. The van der Waals surface area contributed by atoms with Crippen LogP contribution in [-0.2, 0) is 6.54 Å². The van der Waals surface area contributed by atoms with Crippen molar-refractivity contribution in [3.05, 3.63) is 78.2 Å². The van der Waals surface area contributed by atoms with E-state index in [1.165, 1.54) is 6.33 Å². The molecule has 1 atom stereocenters. The van der Waals surface area contributed by atoms with Crippen LogP contribution in [0.1, 0.15) is 22.3 Å². The maximum absolute atomic E-state index is 12.8. The van der Waals surface area contributed by atoms with Crippen molar-refractivity contribution >= 4 is 17.4 Å². The highest BCUT2D eigenvalue weighted by molar-refractivity contribution is 5.94. The van der Waals surface area contributed by atoms with Gasteiger partial charge in [-0.2, -0.15) is 0 Å². The molecule has 4 rings (SSSR count). The highest BCUT2D eigenvalue weighted by Crippen LogP contribution is 2.30. The molecular weight excluding hydrogens is 378 g/mol. The molecule has 7 nitrogen and oxygen atoms in total. The molecule has 3 aromatic rings. The van der Waals surface area contributed by atoms with Crippen LogP contribution in [0.15, 0.2) is 67.1 Å². The van der Waals surface area contributed by atoms with Crippen molar-refractivity contribution in [3.8, 4) is 5.75 Å². The summed E-state index contributed by atoms with van der Waals surface area (Å²) in [5.41, 5.74) is 2.74. The first kappa shape index (κ1) is 19.7. The number of carbonyl (C=O) groups is 1. The minimum atomic E-state index is -0.0502. The van der Waals surface area contributed by atoms with Crippen molar-refractivity contribution in [3.63, 3.8) is 0 Å². The molecule has 1 aromatic heterocycles. The Balaban J connectivity index is 1.35. The Bertz CT molecular complexity index is 996. The third-order valence-corrected chi connectivity index (χ3v) is 5.19. The van der Waals surface area contributed by atoms with Gasteiger partial charge in [-0.25, -0.2) is 9.97 Å². The van der Waals surface area contributed by atoms with E-state index < -0.39 is 0 Å². The summed E-state index contributed by atoms with van der Waals surface area (Å²) in [5.74, 6) is 1.56. The number of benzene rings is 2. The maximum Gasteiger partial charge on any atom is 0.251 e. The van der Waals surface area contributed by atoms with Gasteiger partial charge < -0.3 is 20.3 Å². The number of nitrogens with zero attached hydrogens (tertiary/aromatic N) is 3. The number of aromatic nitrogens is 2. The first-order valence-electron chi connectivity index (χ1n) is 10.0. The molecule has 2 N–H and O–H groups in total. The van der Waals surface area contributed by atoms with E-state index in [1.807, 2.05) is 48.5 Å². The fourth-order valence-electron chi connectivity index (χ4n) is 3.67. The van der Waals surface area contributed by atoms with E-state index in [2.05, 4.69) is 31.6 Å². The van der Waals surface area contributed by atoms with Gasteiger partial charge >= 0.3 is 0 Å². The van der Waals surface area contributed by atoms with Crippen LogP contribution in [0.4, 0.5) is 11.5 Å². The van der Waals surface area contributed by atoms with E-state index in [9.17, 15) is 4.79 Å².